The number of halogens is 1. The second-order valence-corrected chi connectivity index (χ2v) is 5.81. The summed E-state index contributed by atoms with van der Waals surface area (Å²) in [5.74, 6) is 0. The van der Waals surface area contributed by atoms with E-state index in [0.29, 0.717) is 19.8 Å². The van der Waals surface area contributed by atoms with Crippen LogP contribution in [0.2, 0.25) is 5.15 Å². The molecule has 100 valence electrons. The molecule has 1 aliphatic heterocycles. The zero-order valence-electron chi connectivity index (χ0n) is 9.50. The molecule has 2 heterocycles. The van der Waals surface area contributed by atoms with Crippen molar-refractivity contribution in [2.75, 3.05) is 26.4 Å². The molecule has 1 atom stereocenters. The molecule has 1 N–H and O–H groups in total. The molecule has 1 fully saturated rings. The Morgan fingerprint density at radius 3 is 3.00 bits per heavy atom. The normalized spacial score (nSPS) is 20.8. The first kappa shape index (κ1) is 13.7. The third kappa shape index (κ3) is 3.39. The second-order valence-electron chi connectivity index (χ2n) is 3.71. The third-order valence-electron chi connectivity index (χ3n) is 2.40. The van der Waals surface area contributed by atoms with Crippen LogP contribution >= 0.6 is 11.6 Å². The fourth-order valence-corrected chi connectivity index (χ4v) is 3.02. The zero-order chi connectivity index (χ0) is 13.0. The zero-order valence-corrected chi connectivity index (χ0v) is 11.1. The lowest BCUT2D eigenvalue weighted by atomic mass is 10.3. The van der Waals surface area contributed by atoms with Crippen molar-refractivity contribution in [2.24, 2.45) is 0 Å². The topological polar surface area (TPSA) is 77.5 Å². The molecular formula is C10H13ClN2O4S. The molecule has 0 aromatic carbocycles. The summed E-state index contributed by atoms with van der Waals surface area (Å²) >= 11 is 5.74. The van der Waals surface area contributed by atoms with Gasteiger partial charge >= 0.3 is 0 Å². The van der Waals surface area contributed by atoms with Crippen LogP contribution in [0.4, 0.5) is 0 Å². The van der Waals surface area contributed by atoms with Gasteiger partial charge in [-0.1, -0.05) is 11.6 Å². The summed E-state index contributed by atoms with van der Waals surface area (Å²) in [6.07, 6.45) is 1.16. The number of hydrogen-bond acceptors (Lipinski definition) is 5. The van der Waals surface area contributed by atoms with E-state index < -0.39 is 10.0 Å². The Balaban J connectivity index is 2.01. The minimum absolute atomic E-state index is 0.0385. The van der Waals surface area contributed by atoms with Gasteiger partial charge < -0.3 is 9.47 Å². The largest absolute Gasteiger partial charge is 0.376 e. The quantitative estimate of drug-likeness (QED) is 0.814. The molecule has 0 aliphatic carbocycles. The molecule has 0 bridgehead atoms. The van der Waals surface area contributed by atoms with Gasteiger partial charge in [0, 0.05) is 12.7 Å². The predicted octanol–water partition coefficient (Wildman–Crippen LogP) is 0.429. The number of pyridine rings is 1. The summed E-state index contributed by atoms with van der Waals surface area (Å²) < 4.78 is 36.9. The minimum Gasteiger partial charge on any atom is -0.376 e. The predicted molar refractivity (Wildman–Crippen MR) is 65.0 cm³/mol. The smallest absolute Gasteiger partial charge is 0.243 e. The Kier molecular flexibility index (Phi) is 4.52. The van der Waals surface area contributed by atoms with Crippen molar-refractivity contribution >= 4 is 21.6 Å². The average molecular weight is 293 g/mol. The van der Waals surface area contributed by atoms with Gasteiger partial charge in [-0.15, -0.1) is 0 Å². The van der Waals surface area contributed by atoms with Crippen molar-refractivity contribution in [3.05, 3.63) is 23.5 Å². The molecule has 1 unspecified atom stereocenters. The Morgan fingerprint density at radius 1 is 1.50 bits per heavy atom. The van der Waals surface area contributed by atoms with E-state index in [4.69, 9.17) is 21.1 Å². The van der Waals surface area contributed by atoms with Crippen LogP contribution in [0, 0.1) is 0 Å². The lowest BCUT2D eigenvalue weighted by Gasteiger charge is -2.23. The van der Waals surface area contributed by atoms with Crippen molar-refractivity contribution < 1.29 is 17.9 Å². The summed E-state index contributed by atoms with van der Waals surface area (Å²) in [7, 11) is -3.67. The van der Waals surface area contributed by atoms with Gasteiger partial charge in [-0.25, -0.2) is 18.1 Å². The molecule has 1 aliphatic rings. The van der Waals surface area contributed by atoms with E-state index in [-0.39, 0.29) is 22.7 Å². The second kappa shape index (κ2) is 5.94. The fourth-order valence-electron chi connectivity index (χ4n) is 1.51. The molecule has 8 heteroatoms. The number of hydrogen-bond donors (Lipinski definition) is 1. The monoisotopic (exact) mass is 292 g/mol. The first-order valence-corrected chi connectivity index (χ1v) is 7.25. The van der Waals surface area contributed by atoms with Crippen LogP contribution in [-0.2, 0) is 19.5 Å². The maximum atomic E-state index is 12.0. The molecule has 1 aromatic heterocycles. The summed E-state index contributed by atoms with van der Waals surface area (Å²) in [4.78, 5) is 3.69. The lowest BCUT2D eigenvalue weighted by molar-refractivity contribution is -0.0846. The van der Waals surface area contributed by atoms with E-state index in [1.54, 1.807) is 0 Å². The van der Waals surface area contributed by atoms with Gasteiger partial charge in [0.1, 0.15) is 10.0 Å². The number of nitrogens with zero attached hydrogens (tertiary/aromatic N) is 1. The minimum atomic E-state index is -3.67. The van der Waals surface area contributed by atoms with Crippen molar-refractivity contribution in [3.8, 4) is 0 Å². The highest BCUT2D eigenvalue weighted by molar-refractivity contribution is 7.89. The molecule has 0 amide bonds. The summed E-state index contributed by atoms with van der Waals surface area (Å²) in [6.45, 7) is 1.54. The van der Waals surface area contributed by atoms with E-state index >= 15 is 0 Å². The molecule has 1 saturated heterocycles. The first-order valence-electron chi connectivity index (χ1n) is 5.39. The van der Waals surface area contributed by atoms with Gasteiger partial charge in [0.25, 0.3) is 0 Å². The van der Waals surface area contributed by atoms with Crippen LogP contribution < -0.4 is 4.72 Å². The van der Waals surface area contributed by atoms with E-state index in [0.717, 1.165) is 0 Å². The van der Waals surface area contributed by atoms with Crippen molar-refractivity contribution in [1.82, 2.24) is 9.71 Å². The first-order chi connectivity index (χ1) is 8.59. The van der Waals surface area contributed by atoms with Gasteiger partial charge in [-0.05, 0) is 12.1 Å². The molecule has 18 heavy (non-hydrogen) atoms. The standard InChI is InChI=1S/C10H13ClN2O4S/c11-10-9(2-1-3-12-10)18(14,15)13-6-8-7-16-4-5-17-8/h1-3,8,13H,4-7H2. The summed E-state index contributed by atoms with van der Waals surface area (Å²) in [5, 5.41) is -0.0502. The molecule has 6 nitrogen and oxygen atoms in total. The van der Waals surface area contributed by atoms with Crippen LogP contribution in [0.5, 0.6) is 0 Å². The SMILES string of the molecule is O=S(=O)(NCC1COCCO1)c1cccnc1Cl. The Labute approximate surface area is 110 Å². The maximum absolute atomic E-state index is 12.0. The lowest BCUT2D eigenvalue weighted by Crippen LogP contribution is -2.39. The van der Waals surface area contributed by atoms with Crippen LogP contribution in [-0.4, -0.2) is 45.9 Å². The van der Waals surface area contributed by atoms with E-state index in [2.05, 4.69) is 9.71 Å². The van der Waals surface area contributed by atoms with Gasteiger partial charge in [-0.2, -0.15) is 0 Å². The van der Waals surface area contributed by atoms with Crippen LogP contribution in [0.25, 0.3) is 0 Å². The van der Waals surface area contributed by atoms with Gasteiger partial charge in [0.2, 0.25) is 10.0 Å². The van der Waals surface area contributed by atoms with Gasteiger partial charge in [0.15, 0.2) is 0 Å². The molecule has 0 radical (unpaired) electrons. The van der Waals surface area contributed by atoms with Crippen molar-refractivity contribution in [3.63, 3.8) is 0 Å². The highest BCUT2D eigenvalue weighted by Crippen LogP contribution is 2.17. The molecule has 2 rings (SSSR count). The molecule has 0 spiro atoms. The number of nitrogens with one attached hydrogen (secondary N) is 1. The third-order valence-corrected chi connectivity index (χ3v) is 4.27. The number of ether oxygens (including phenoxy) is 2. The van der Waals surface area contributed by atoms with Crippen molar-refractivity contribution in [1.29, 1.82) is 0 Å². The van der Waals surface area contributed by atoms with E-state index in [1.165, 1.54) is 18.3 Å². The number of aromatic nitrogens is 1. The van der Waals surface area contributed by atoms with Crippen molar-refractivity contribution in [2.45, 2.75) is 11.0 Å². The Morgan fingerprint density at radius 2 is 2.33 bits per heavy atom. The van der Waals surface area contributed by atoms with E-state index in [1.807, 2.05) is 0 Å². The number of rotatable bonds is 4. The summed E-state index contributed by atoms with van der Waals surface area (Å²) in [5.41, 5.74) is 0. The Bertz CT molecular complexity index is 502. The average Bonchev–Trinajstić information content (AvgIpc) is 2.38. The van der Waals surface area contributed by atoms with Crippen LogP contribution in [0.1, 0.15) is 0 Å². The summed E-state index contributed by atoms with van der Waals surface area (Å²) in [6, 6.07) is 2.91. The molecule has 1 aromatic rings. The van der Waals surface area contributed by atoms with Gasteiger partial charge in [-0.3, -0.25) is 0 Å². The Hall–Kier alpha value is -0.730. The van der Waals surface area contributed by atoms with Crippen LogP contribution in [0.3, 0.4) is 0 Å². The highest BCUT2D eigenvalue weighted by Gasteiger charge is 2.21. The van der Waals surface area contributed by atoms with Crippen LogP contribution in [0.15, 0.2) is 23.2 Å². The fraction of sp³-hybridized carbons (Fsp3) is 0.500. The van der Waals surface area contributed by atoms with E-state index in [9.17, 15) is 8.42 Å². The molecular weight excluding hydrogens is 280 g/mol. The number of sulfonamides is 1. The molecule has 0 saturated carbocycles. The highest BCUT2D eigenvalue weighted by atomic mass is 35.5. The van der Waals surface area contributed by atoms with Gasteiger partial charge in [0.05, 0.1) is 25.9 Å². The maximum Gasteiger partial charge on any atom is 0.243 e.